The topological polar surface area (TPSA) is 176 Å². The molecule has 3 N–H and O–H groups in total. The monoisotopic (exact) mass is 842 g/mol. The van der Waals surface area contributed by atoms with Gasteiger partial charge in [0, 0.05) is 78.7 Å². The zero-order valence-corrected chi connectivity index (χ0v) is 34.5. The highest BCUT2D eigenvalue weighted by molar-refractivity contribution is 6.39. The van der Waals surface area contributed by atoms with E-state index in [4.69, 9.17) is 37.7 Å². The van der Waals surface area contributed by atoms with Gasteiger partial charge in [0.1, 0.15) is 17.3 Å². The number of β-amino-alcohol motifs (C(OH)–C–C–N with tert-alkyl or cyclic N) is 1. The van der Waals surface area contributed by atoms with Crippen LogP contribution in [0.3, 0.4) is 0 Å². The number of likely N-dealkylation sites (tertiary alicyclic amines) is 1. The molecular weight excluding hydrogens is 799 g/mol. The van der Waals surface area contributed by atoms with Crippen LogP contribution < -0.4 is 15.6 Å². The minimum Gasteiger partial charge on any atom is -0.481 e. The molecule has 14 nitrogen and oxygen atoms in total. The fourth-order valence-corrected chi connectivity index (χ4v) is 8.21. The maximum absolute atomic E-state index is 13.5. The van der Waals surface area contributed by atoms with E-state index >= 15 is 0 Å². The summed E-state index contributed by atoms with van der Waals surface area (Å²) >= 11 is 14.3. The van der Waals surface area contributed by atoms with E-state index in [1.54, 1.807) is 55.0 Å². The first kappa shape index (κ1) is 41.6. The second-order valence-corrected chi connectivity index (χ2v) is 16.5. The van der Waals surface area contributed by atoms with Crippen LogP contribution >= 0.6 is 23.2 Å². The van der Waals surface area contributed by atoms with Crippen molar-refractivity contribution in [3.05, 3.63) is 105 Å². The number of methoxy groups -OCH3 is 1. The smallest absolute Gasteiger partial charge is 0.410 e. The van der Waals surface area contributed by atoms with E-state index in [1.165, 1.54) is 17.7 Å². The number of carboxylic acids is 1. The summed E-state index contributed by atoms with van der Waals surface area (Å²) in [6.07, 6.45) is 2.86. The lowest BCUT2D eigenvalue weighted by Gasteiger charge is -2.29. The summed E-state index contributed by atoms with van der Waals surface area (Å²) in [5.74, 6) is -0.804. The molecule has 3 aromatic heterocycles. The number of hydrogen-bond donors (Lipinski definition) is 3. The largest absolute Gasteiger partial charge is 0.481 e. The van der Waals surface area contributed by atoms with Crippen molar-refractivity contribution in [1.82, 2.24) is 29.5 Å². The number of carbonyl (C=O) groups excluding carboxylic acids is 2. The standard InChI is InChI=1S/C43H44Cl2N6O8/c1-43(2,3)59-42(57)50(22-27-12-14-36(53)47-27)20-25-11-13-33(48-39(25)58-4)32-10-6-9-31(38(32)45)30-8-5-7-29(37(30)44)24-15-16-51-35(17-24)46-19-26(40(51)54)21-49-23-28(52)18-34(49)41(55)56/h5-11,13,15-17,19,27-28,34,52H,12,14,18,20-23H2,1-4H3,(H,47,53)(H,55,56)/t27-,28-,34+/m0/s1. The SMILES string of the molecule is COc1nc(-c2cccc(-c3cccc(-c4ccn5c(=O)c(CN6C[C@@H](O)C[C@@H]6C(=O)O)cnc5c4)c3Cl)c2Cl)ccc1CN(C[C@@H]1CCC(=O)N1)C(=O)OC(C)(C)C. The predicted octanol–water partition coefficient (Wildman–Crippen LogP) is 6.44. The van der Waals surface area contributed by atoms with Gasteiger partial charge in [-0.15, -0.1) is 0 Å². The van der Waals surface area contributed by atoms with Crippen LogP contribution in [0.4, 0.5) is 4.79 Å². The summed E-state index contributed by atoms with van der Waals surface area (Å²) in [4.78, 5) is 62.8. The van der Waals surface area contributed by atoms with Crippen molar-refractivity contribution in [2.75, 3.05) is 20.2 Å². The van der Waals surface area contributed by atoms with E-state index in [-0.39, 0.29) is 50.1 Å². The molecule has 3 atom stereocenters. The average molecular weight is 844 g/mol. The molecule has 2 aliphatic rings. The number of halogens is 2. The number of aliphatic hydroxyl groups excluding tert-OH is 1. The van der Waals surface area contributed by atoms with E-state index in [0.717, 1.165) is 0 Å². The summed E-state index contributed by atoms with van der Waals surface area (Å²) < 4.78 is 12.8. The molecule has 5 aromatic rings. The number of amides is 2. The number of ether oxygens (including phenoxy) is 2. The molecule has 0 unspecified atom stereocenters. The Labute approximate surface area is 350 Å². The normalized spacial score (nSPS) is 18.2. The molecule has 0 bridgehead atoms. The van der Waals surface area contributed by atoms with Crippen molar-refractivity contribution < 1.29 is 34.1 Å². The van der Waals surface area contributed by atoms with Crippen LogP contribution in [0.15, 0.2) is 77.9 Å². The van der Waals surface area contributed by atoms with Crippen LogP contribution in [0.25, 0.3) is 39.2 Å². The van der Waals surface area contributed by atoms with Gasteiger partial charge in [-0.3, -0.25) is 23.7 Å². The molecule has 2 saturated heterocycles. The molecule has 0 saturated carbocycles. The summed E-state index contributed by atoms with van der Waals surface area (Å²) in [6.45, 7) is 5.97. The van der Waals surface area contributed by atoms with Crippen LogP contribution in [0.2, 0.25) is 10.0 Å². The Balaban J connectivity index is 1.15. The maximum Gasteiger partial charge on any atom is 0.410 e. The number of aliphatic carboxylic acids is 1. The third-order valence-electron chi connectivity index (χ3n) is 10.4. The number of nitrogens with zero attached hydrogens (tertiary/aromatic N) is 5. The molecule has 0 aliphatic carbocycles. The van der Waals surface area contributed by atoms with Gasteiger partial charge in [-0.1, -0.05) is 59.6 Å². The second-order valence-electron chi connectivity index (χ2n) is 15.8. The van der Waals surface area contributed by atoms with Gasteiger partial charge in [0.15, 0.2) is 0 Å². The van der Waals surface area contributed by atoms with E-state index in [2.05, 4.69) is 10.3 Å². The van der Waals surface area contributed by atoms with Crippen molar-refractivity contribution in [2.24, 2.45) is 0 Å². The minimum absolute atomic E-state index is 0.0414. The second kappa shape index (κ2) is 17.0. The Kier molecular flexibility index (Phi) is 12.0. The van der Waals surface area contributed by atoms with E-state index in [9.17, 15) is 29.4 Å². The van der Waals surface area contributed by atoms with E-state index in [1.807, 2.05) is 42.5 Å². The van der Waals surface area contributed by atoms with Crippen LogP contribution in [0, 0.1) is 0 Å². The Hall–Kier alpha value is -5.54. The number of carboxylic acid groups (broad SMARTS) is 1. The zero-order valence-electron chi connectivity index (χ0n) is 32.9. The highest BCUT2D eigenvalue weighted by Crippen LogP contribution is 2.42. The number of rotatable bonds is 11. The molecule has 2 amide bonds. The quantitative estimate of drug-likeness (QED) is 0.133. The first-order chi connectivity index (χ1) is 28.1. The molecule has 16 heteroatoms. The fraction of sp³-hybridized carbons (Fsp3) is 0.349. The van der Waals surface area contributed by atoms with Crippen molar-refractivity contribution in [3.63, 3.8) is 0 Å². The molecule has 308 valence electrons. The molecule has 2 aromatic carbocycles. The van der Waals surface area contributed by atoms with E-state index in [0.29, 0.717) is 79.1 Å². The van der Waals surface area contributed by atoms with Gasteiger partial charge >= 0.3 is 12.1 Å². The lowest BCUT2D eigenvalue weighted by molar-refractivity contribution is -0.142. The molecular formula is C43H44Cl2N6O8. The number of benzene rings is 2. The first-order valence-electron chi connectivity index (χ1n) is 19.1. The fourth-order valence-electron chi connectivity index (χ4n) is 7.55. The molecule has 59 heavy (non-hydrogen) atoms. The van der Waals surface area contributed by atoms with Crippen LogP contribution in [-0.4, -0.2) is 96.3 Å². The van der Waals surface area contributed by atoms with Crippen LogP contribution in [0.1, 0.15) is 51.2 Å². The van der Waals surface area contributed by atoms with Gasteiger partial charge in [-0.25, -0.2) is 14.8 Å². The lowest BCUT2D eigenvalue weighted by atomic mass is 9.97. The number of nitrogens with one attached hydrogen (secondary N) is 1. The highest BCUT2D eigenvalue weighted by Gasteiger charge is 2.36. The molecule has 2 aliphatic heterocycles. The molecule has 0 radical (unpaired) electrons. The Morgan fingerprint density at radius 3 is 2.34 bits per heavy atom. The van der Waals surface area contributed by atoms with Crippen molar-refractivity contribution in [2.45, 2.75) is 76.9 Å². The number of hydrogen-bond acceptors (Lipinski definition) is 10. The first-order valence-corrected chi connectivity index (χ1v) is 19.9. The van der Waals surface area contributed by atoms with E-state index < -0.39 is 29.8 Å². The third kappa shape index (κ3) is 9.05. The molecule has 0 spiro atoms. The van der Waals surface area contributed by atoms with Gasteiger partial charge in [0.2, 0.25) is 11.8 Å². The molecule has 7 rings (SSSR count). The average Bonchev–Trinajstić information content (AvgIpc) is 3.79. The predicted molar refractivity (Wildman–Crippen MR) is 222 cm³/mol. The maximum atomic E-state index is 13.5. The van der Waals surface area contributed by atoms with Crippen molar-refractivity contribution in [1.29, 1.82) is 0 Å². The number of aromatic nitrogens is 3. The number of carbonyl (C=O) groups is 3. The summed E-state index contributed by atoms with van der Waals surface area (Å²) in [6, 6.07) is 17.2. The third-order valence-corrected chi connectivity index (χ3v) is 11.2. The lowest BCUT2D eigenvalue weighted by Crippen LogP contribution is -2.43. The molecule has 5 heterocycles. The van der Waals surface area contributed by atoms with Crippen LogP contribution in [0.5, 0.6) is 5.88 Å². The van der Waals surface area contributed by atoms with Crippen molar-refractivity contribution in [3.8, 4) is 39.4 Å². The zero-order chi connectivity index (χ0) is 42.2. The summed E-state index contributed by atoms with van der Waals surface area (Å²) in [7, 11) is 1.50. The number of fused-ring (bicyclic) bond motifs is 1. The number of pyridine rings is 2. The van der Waals surface area contributed by atoms with Crippen molar-refractivity contribution >= 4 is 46.8 Å². The van der Waals surface area contributed by atoms with Gasteiger partial charge in [-0.05, 0) is 57.0 Å². The Bertz CT molecular complexity index is 2510. The van der Waals surface area contributed by atoms with Gasteiger partial charge in [0.05, 0.1) is 41.1 Å². The van der Waals surface area contributed by atoms with Crippen LogP contribution in [-0.2, 0) is 27.4 Å². The highest BCUT2D eigenvalue weighted by atomic mass is 35.5. The van der Waals surface area contributed by atoms with Gasteiger partial charge in [-0.2, -0.15) is 0 Å². The summed E-state index contributed by atoms with van der Waals surface area (Å²) in [5, 5.41) is 23.4. The van der Waals surface area contributed by atoms with Gasteiger partial charge < -0.3 is 29.9 Å². The molecule has 2 fully saturated rings. The minimum atomic E-state index is -1.05. The Morgan fingerprint density at radius 1 is 0.983 bits per heavy atom. The Morgan fingerprint density at radius 2 is 1.68 bits per heavy atom. The van der Waals surface area contributed by atoms with Gasteiger partial charge in [0.25, 0.3) is 5.56 Å². The number of aliphatic hydroxyl groups is 1. The summed E-state index contributed by atoms with van der Waals surface area (Å²) in [5.41, 5.74) is 4.10.